The van der Waals surface area contributed by atoms with E-state index in [1.807, 2.05) is 58.3 Å². The molecule has 0 aromatic heterocycles. The lowest BCUT2D eigenvalue weighted by Gasteiger charge is -2.36. The van der Waals surface area contributed by atoms with Crippen molar-refractivity contribution in [1.29, 1.82) is 5.26 Å². The SMILES string of the molecule is CC(=O)N1CCC(C(=O)N(CCCN2CCN(Cc3ccc(C#N)cc3)CC2)c2cccc(Cl)c2)CC1. The Morgan fingerprint density at radius 3 is 2.30 bits per heavy atom. The first-order valence-corrected chi connectivity index (χ1v) is 13.6. The number of rotatable bonds is 8. The van der Waals surface area contributed by atoms with Gasteiger partial charge in [-0.25, -0.2) is 0 Å². The van der Waals surface area contributed by atoms with Crippen LogP contribution < -0.4 is 4.90 Å². The molecule has 8 heteroatoms. The highest BCUT2D eigenvalue weighted by atomic mass is 35.5. The number of nitriles is 1. The maximum atomic E-state index is 13.6. The summed E-state index contributed by atoms with van der Waals surface area (Å²) in [7, 11) is 0. The Hall–Kier alpha value is -2.92. The number of nitrogens with zero attached hydrogens (tertiary/aromatic N) is 5. The summed E-state index contributed by atoms with van der Waals surface area (Å²) in [6, 6.07) is 17.6. The van der Waals surface area contributed by atoms with Crippen molar-refractivity contribution >= 4 is 29.1 Å². The van der Waals surface area contributed by atoms with Gasteiger partial charge in [0, 0.05) is 75.9 Å². The number of carbonyl (C=O) groups is 2. The number of benzene rings is 2. The van der Waals surface area contributed by atoms with E-state index in [0.29, 0.717) is 43.1 Å². The number of anilines is 1. The number of likely N-dealkylation sites (tertiary alicyclic amines) is 1. The molecule has 2 amide bonds. The Bertz CT molecular complexity index is 1100. The van der Waals surface area contributed by atoms with E-state index in [1.54, 1.807) is 6.92 Å². The van der Waals surface area contributed by atoms with Gasteiger partial charge in [-0.15, -0.1) is 0 Å². The summed E-state index contributed by atoms with van der Waals surface area (Å²) in [6.07, 6.45) is 2.30. The zero-order valence-corrected chi connectivity index (χ0v) is 22.4. The Balaban J connectivity index is 1.28. The van der Waals surface area contributed by atoms with Gasteiger partial charge >= 0.3 is 0 Å². The summed E-state index contributed by atoms with van der Waals surface area (Å²) in [5, 5.41) is 9.60. The predicted octanol–water partition coefficient (Wildman–Crippen LogP) is 4.01. The number of piperidine rings is 1. The molecule has 0 aliphatic carbocycles. The molecule has 2 aliphatic rings. The maximum Gasteiger partial charge on any atom is 0.230 e. The van der Waals surface area contributed by atoms with Crippen LogP contribution >= 0.6 is 11.6 Å². The van der Waals surface area contributed by atoms with E-state index in [4.69, 9.17) is 16.9 Å². The minimum absolute atomic E-state index is 0.0691. The number of carbonyl (C=O) groups excluding carboxylic acids is 2. The Morgan fingerprint density at radius 2 is 1.68 bits per heavy atom. The third-order valence-electron chi connectivity index (χ3n) is 7.49. The van der Waals surface area contributed by atoms with E-state index in [1.165, 1.54) is 5.56 Å². The molecule has 196 valence electrons. The molecule has 2 saturated heterocycles. The minimum atomic E-state index is -0.0691. The lowest BCUT2D eigenvalue weighted by molar-refractivity contribution is -0.133. The minimum Gasteiger partial charge on any atom is -0.343 e. The van der Waals surface area contributed by atoms with Crippen molar-refractivity contribution in [3.05, 3.63) is 64.7 Å². The van der Waals surface area contributed by atoms with Crippen molar-refractivity contribution in [2.45, 2.75) is 32.7 Å². The largest absolute Gasteiger partial charge is 0.343 e. The molecule has 0 radical (unpaired) electrons. The third kappa shape index (κ3) is 7.54. The van der Waals surface area contributed by atoms with Gasteiger partial charge in [0.2, 0.25) is 11.8 Å². The molecular formula is C29H36ClN5O2. The van der Waals surface area contributed by atoms with Crippen LogP contribution in [-0.4, -0.2) is 78.9 Å². The van der Waals surface area contributed by atoms with Gasteiger partial charge in [0.15, 0.2) is 0 Å². The summed E-state index contributed by atoms with van der Waals surface area (Å²) in [5.74, 6) is 0.146. The Labute approximate surface area is 225 Å². The van der Waals surface area contributed by atoms with E-state index < -0.39 is 0 Å². The summed E-state index contributed by atoms with van der Waals surface area (Å²) in [5.41, 5.74) is 2.77. The van der Waals surface area contributed by atoms with Gasteiger partial charge in [0.1, 0.15) is 0 Å². The lowest BCUT2D eigenvalue weighted by Crippen LogP contribution is -2.47. The smallest absolute Gasteiger partial charge is 0.230 e. The van der Waals surface area contributed by atoms with Crippen LogP contribution in [0.2, 0.25) is 5.02 Å². The van der Waals surface area contributed by atoms with E-state index in [9.17, 15) is 9.59 Å². The summed E-state index contributed by atoms with van der Waals surface area (Å²) >= 11 is 6.27. The fourth-order valence-electron chi connectivity index (χ4n) is 5.24. The molecule has 2 fully saturated rings. The quantitative estimate of drug-likeness (QED) is 0.525. The van der Waals surface area contributed by atoms with Crippen LogP contribution in [0, 0.1) is 17.2 Å². The topological polar surface area (TPSA) is 70.9 Å². The highest BCUT2D eigenvalue weighted by Crippen LogP contribution is 2.26. The zero-order chi connectivity index (χ0) is 26.2. The number of piperazine rings is 1. The maximum absolute atomic E-state index is 13.6. The van der Waals surface area contributed by atoms with E-state index in [0.717, 1.165) is 51.4 Å². The molecule has 0 spiro atoms. The van der Waals surface area contributed by atoms with Gasteiger partial charge in [0.05, 0.1) is 11.6 Å². The Morgan fingerprint density at radius 1 is 1.00 bits per heavy atom. The first-order chi connectivity index (χ1) is 17.9. The van der Waals surface area contributed by atoms with Crippen LogP contribution in [0.1, 0.15) is 37.3 Å². The second kappa shape index (κ2) is 13.0. The Kier molecular flexibility index (Phi) is 9.56. The van der Waals surface area contributed by atoms with Gasteiger partial charge in [-0.2, -0.15) is 5.26 Å². The second-order valence-corrected chi connectivity index (χ2v) is 10.5. The molecule has 2 aromatic carbocycles. The molecule has 0 bridgehead atoms. The monoisotopic (exact) mass is 521 g/mol. The van der Waals surface area contributed by atoms with Gasteiger partial charge in [-0.05, 0) is 61.7 Å². The van der Waals surface area contributed by atoms with Crippen molar-refractivity contribution in [1.82, 2.24) is 14.7 Å². The zero-order valence-electron chi connectivity index (χ0n) is 21.6. The van der Waals surface area contributed by atoms with E-state index in [2.05, 4.69) is 15.9 Å². The summed E-state index contributed by atoms with van der Waals surface area (Å²) < 4.78 is 0. The first-order valence-electron chi connectivity index (χ1n) is 13.2. The number of amides is 2. The van der Waals surface area contributed by atoms with Crippen LogP contribution in [0.5, 0.6) is 0 Å². The van der Waals surface area contributed by atoms with Crippen LogP contribution in [0.4, 0.5) is 5.69 Å². The van der Waals surface area contributed by atoms with Gasteiger partial charge in [-0.3, -0.25) is 14.5 Å². The van der Waals surface area contributed by atoms with Crippen molar-refractivity contribution < 1.29 is 9.59 Å². The fraction of sp³-hybridized carbons (Fsp3) is 0.483. The van der Waals surface area contributed by atoms with Crippen molar-refractivity contribution in [3.63, 3.8) is 0 Å². The van der Waals surface area contributed by atoms with E-state index >= 15 is 0 Å². The molecule has 0 saturated carbocycles. The molecule has 0 N–H and O–H groups in total. The standard InChI is InChI=1S/C29H36ClN5O2/c1-23(36)34-14-10-26(11-15-34)29(37)35(28-5-2-4-27(30)20-28)13-3-12-32-16-18-33(19-17-32)22-25-8-6-24(21-31)7-9-25/h2,4-9,20,26H,3,10-19,22H2,1H3. The number of halogens is 1. The lowest BCUT2D eigenvalue weighted by atomic mass is 9.94. The van der Waals surface area contributed by atoms with Gasteiger partial charge in [0.25, 0.3) is 0 Å². The number of hydrogen-bond donors (Lipinski definition) is 0. The molecular weight excluding hydrogens is 486 g/mol. The molecule has 7 nitrogen and oxygen atoms in total. The van der Waals surface area contributed by atoms with Crippen LogP contribution in [0.3, 0.4) is 0 Å². The normalized spacial score (nSPS) is 17.4. The molecule has 2 aromatic rings. The molecule has 2 heterocycles. The number of hydrogen-bond acceptors (Lipinski definition) is 5. The van der Waals surface area contributed by atoms with Crippen LogP contribution in [0.25, 0.3) is 0 Å². The molecule has 2 aliphatic heterocycles. The third-order valence-corrected chi connectivity index (χ3v) is 7.72. The highest BCUT2D eigenvalue weighted by molar-refractivity contribution is 6.30. The van der Waals surface area contributed by atoms with Gasteiger partial charge in [-0.1, -0.05) is 29.8 Å². The summed E-state index contributed by atoms with van der Waals surface area (Å²) in [6.45, 7) is 9.39. The molecule has 0 atom stereocenters. The first kappa shape index (κ1) is 27.1. The average molecular weight is 522 g/mol. The highest BCUT2D eigenvalue weighted by Gasteiger charge is 2.30. The van der Waals surface area contributed by atoms with Crippen molar-refractivity contribution in [3.8, 4) is 6.07 Å². The summed E-state index contributed by atoms with van der Waals surface area (Å²) in [4.78, 5) is 33.9. The molecule has 37 heavy (non-hydrogen) atoms. The van der Waals surface area contributed by atoms with Crippen LogP contribution in [-0.2, 0) is 16.1 Å². The second-order valence-electron chi connectivity index (χ2n) is 10.0. The van der Waals surface area contributed by atoms with Crippen molar-refractivity contribution in [2.75, 3.05) is 57.3 Å². The molecule has 0 unspecified atom stereocenters. The predicted molar refractivity (Wildman–Crippen MR) is 146 cm³/mol. The molecule has 4 rings (SSSR count). The van der Waals surface area contributed by atoms with Gasteiger partial charge < -0.3 is 14.7 Å². The van der Waals surface area contributed by atoms with Crippen LogP contribution in [0.15, 0.2) is 48.5 Å². The average Bonchev–Trinajstić information content (AvgIpc) is 2.92. The van der Waals surface area contributed by atoms with E-state index in [-0.39, 0.29) is 17.7 Å². The van der Waals surface area contributed by atoms with Crippen molar-refractivity contribution in [2.24, 2.45) is 5.92 Å². The fourth-order valence-corrected chi connectivity index (χ4v) is 5.42.